The third kappa shape index (κ3) is 3.63. The van der Waals surface area contributed by atoms with Gasteiger partial charge in [0.2, 0.25) is 5.78 Å². The topological polar surface area (TPSA) is 43.4 Å². The number of rotatable bonds is 3. The lowest BCUT2D eigenvalue weighted by Crippen LogP contribution is -2.25. The van der Waals surface area contributed by atoms with E-state index < -0.39 is 11.8 Å². The summed E-state index contributed by atoms with van der Waals surface area (Å²) in [5, 5.41) is 0. The minimum Gasteiger partial charge on any atom is -0.463 e. The Morgan fingerprint density at radius 1 is 1.35 bits per heavy atom. The number of hydrogen-bond acceptors (Lipinski definition) is 4. The van der Waals surface area contributed by atoms with Gasteiger partial charge in [-0.3, -0.25) is 4.79 Å². The van der Waals surface area contributed by atoms with Gasteiger partial charge in [-0.1, -0.05) is 25.1 Å². The predicted molar refractivity (Wildman–Crippen MR) is 79.8 cm³/mol. The van der Waals surface area contributed by atoms with Crippen molar-refractivity contribution >= 4 is 23.5 Å². The Morgan fingerprint density at radius 2 is 2.10 bits per heavy atom. The zero-order chi connectivity index (χ0) is 14.5. The van der Waals surface area contributed by atoms with Crippen molar-refractivity contribution in [3.8, 4) is 0 Å². The van der Waals surface area contributed by atoms with Gasteiger partial charge in [0.25, 0.3) is 0 Å². The van der Waals surface area contributed by atoms with Crippen LogP contribution in [0, 0.1) is 11.8 Å². The molecule has 0 saturated heterocycles. The third-order valence-corrected chi connectivity index (χ3v) is 5.08. The van der Waals surface area contributed by atoms with Crippen LogP contribution in [-0.4, -0.2) is 24.6 Å². The molecule has 1 aromatic carbocycles. The number of carbonyl (C=O) groups excluding carboxylic acids is 2. The first-order chi connectivity index (χ1) is 9.61. The molecule has 108 valence electrons. The molecule has 4 heteroatoms. The molecule has 20 heavy (non-hydrogen) atoms. The van der Waals surface area contributed by atoms with E-state index >= 15 is 0 Å². The molecule has 2 unspecified atom stereocenters. The molecule has 0 aromatic heterocycles. The largest absolute Gasteiger partial charge is 0.463 e. The minimum absolute atomic E-state index is 0.252. The molecule has 0 fully saturated rings. The van der Waals surface area contributed by atoms with Gasteiger partial charge in [0.05, 0.1) is 7.11 Å². The fraction of sp³-hybridized carbons (Fsp3) is 0.500. The molecule has 1 aliphatic heterocycles. The number of thioether (sulfide) groups is 1. The molecule has 2 atom stereocenters. The van der Waals surface area contributed by atoms with Crippen LogP contribution in [0.1, 0.15) is 25.3 Å². The quantitative estimate of drug-likeness (QED) is 0.634. The number of Topliss-reactive ketones (excluding diaryl/α,β-unsaturated/α-hetero) is 1. The first kappa shape index (κ1) is 15.1. The molecule has 1 aromatic rings. The smallest absolute Gasteiger partial charge is 0.374 e. The Balaban J connectivity index is 2.07. The lowest BCUT2D eigenvalue weighted by Gasteiger charge is -2.26. The molecule has 2 rings (SSSR count). The monoisotopic (exact) mass is 292 g/mol. The van der Waals surface area contributed by atoms with Gasteiger partial charge < -0.3 is 4.74 Å². The number of ether oxygens (including phenoxy) is 1. The summed E-state index contributed by atoms with van der Waals surface area (Å²) in [5.41, 5.74) is 1.35. The highest BCUT2D eigenvalue weighted by atomic mass is 32.2. The van der Waals surface area contributed by atoms with E-state index in [0.717, 1.165) is 18.6 Å². The van der Waals surface area contributed by atoms with Crippen molar-refractivity contribution < 1.29 is 14.3 Å². The fourth-order valence-corrected chi connectivity index (χ4v) is 3.82. The van der Waals surface area contributed by atoms with Crippen molar-refractivity contribution in [3.63, 3.8) is 0 Å². The maximum atomic E-state index is 11.8. The van der Waals surface area contributed by atoms with Crippen LogP contribution in [0.3, 0.4) is 0 Å². The Labute approximate surface area is 124 Å². The van der Waals surface area contributed by atoms with Crippen molar-refractivity contribution in [3.05, 3.63) is 29.8 Å². The lowest BCUT2D eigenvalue weighted by atomic mass is 9.83. The molecule has 0 N–H and O–H groups in total. The molecule has 1 aliphatic rings. The molecule has 0 radical (unpaired) electrons. The third-order valence-electron chi connectivity index (χ3n) is 3.93. The van der Waals surface area contributed by atoms with Crippen molar-refractivity contribution in [1.29, 1.82) is 0 Å². The van der Waals surface area contributed by atoms with Crippen LogP contribution in [0.5, 0.6) is 0 Å². The average Bonchev–Trinajstić information content (AvgIpc) is 2.45. The molecule has 0 bridgehead atoms. The first-order valence-electron chi connectivity index (χ1n) is 6.93. The van der Waals surface area contributed by atoms with Crippen molar-refractivity contribution in [2.75, 3.05) is 12.9 Å². The summed E-state index contributed by atoms with van der Waals surface area (Å²) in [6, 6.07) is 8.44. The van der Waals surface area contributed by atoms with E-state index in [1.54, 1.807) is 0 Å². The highest BCUT2D eigenvalue weighted by Crippen LogP contribution is 2.34. The molecule has 0 spiro atoms. The van der Waals surface area contributed by atoms with E-state index in [1.807, 2.05) is 11.8 Å². The second-order valence-corrected chi connectivity index (χ2v) is 6.44. The number of benzene rings is 1. The maximum Gasteiger partial charge on any atom is 0.374 e. The highest BCUT2D eigenvalue weighted by molar-refractivity contribution is 7.99. The second kappa shape index (κ2) is 6.93. The summed E-state index contributed by atoms with van der Waals surface area (Å²) in [5.74, 6) is 0.518. The van der Waals surface area contributed by atoms with Crippen LogP contribution in [0.4, 0.5) is 0 Å². The van der Waals surface area contributed by atoms with Crippen molar-refractivity contribution in [1.82, 2.24) is 0 Å². The van der Waals surface area contributed by atoms with Crippen LogP contribution in [-0.2, 0) is 20.7 Å². The van der Waals surface area contributed by atoms with E-state index in [-0.39, 0.29) is 5.92 Å². The first-order valence-corrected chi connectivity index (χ1v) is 7.92. The Kier molecular flexibility index (Phi) is 5.24. The van der Waals surface area contributed by atoms with Gasteiger partial charge in [0.1, 0.15) is 0 Å². The average molecular weight is 292 g/mol. The van der Waals surface area contributed by atoms with Gasteiger partial charge in [-0.05, 0) is 42.1 Å². The summed E-state index contributed by atoms with van der Waals surface area (Å²) < 4.78 is 4.51. The normalized spacial score (nSPS) is 22.3. The predicted octanol–water partition coefficient (Wildman–Crippen LogP) is 3.11. The second-order valence-electron chi connectivity index (χ2n) is 5.31. The number of methoxy groups -OCH3 is 1. The van der Waals surface area contributed by atoms with Gasteiger partial charge in [0.15, 0.2) is 0 Å². The Bertz CT molecular complexity index is 498. The van der Waals surface area contributed by atoms with E-state index in [9.17, 15) is 9.59 Å². The number of hydrogen-bond donors (Lipinski definition) is 0. The number of esters is 1. The van der Waals surface area contributed by atoms with Crippen molar-refractivity contribution in [2.24, 2.45) is 11.8 Å². The molecular formula is C16H20O3S. The van der Waals surface area contributed by atoms with Gasteiger partial charge >= 0.3 is 5.97 Å². The SMILES string of the molecule is COC(=O)C(=O)CC1CCSc2ccccc2CC1C. The van der Waals surface area contributed by atoms with E-state index in [0.29, 0.717) is 12.3 Å². The molecule has 0 amide bonds. The Hall–Kier alpha value is -1.29. The number of fused-ring (bicyclic) bond motifs is 1. The standard InChI is InChI=1S/C16H20O3S/c1-11-9-13-5-3-4-6-15(13)20-8-7-12(11)10-14(17)16(18)19-2/h3-6,11-12H,7-10H2,1-2H3. The van der Waals surface area contributed by atoms with E-state index in [2.05, 4.69) is 35.9 Å². The van der Waals surface area contributed by atoms with Crippen LogP contribution in [0.25, 0.3) is 0 Å². The lowest BCUT2D eigenvalue weighted by molar-refractivity contribution is -0.152. The van der Waals surface area contributed by atoms with Gasteiger partial charge in [-0.15, -0.1) is 11.8 Å². The molecule has 0 saturated carbocycles. The zero-order valence-corrected chi connectivity index (χ0v) is 12.7. The minimum atomic E-state index is -0.715. The fourth-order valence-electron chi connectivity index (χ4n) is 2.67. The van der Waals surface area contributed by atoms with Crippen LogP contribution >= 0.6 is 11.8 Å². The summed E-state index contributed by atoms with van der Waals surface area (Å²) in [4.78, 5) is 24.4. The number of carbonyl (C=O) groups is 2. The molecule has 3 nitrogen and oxygen atoms in total. The molecule has 1 heterocycles. The maximum absolute atomic E-state index is 11.8. The Morgan fingerprint density at radius 3 is 2.85 bits per heavy atom. The van der Waals surface area contributed by atoms with Gasteiger partial charge in [-0.2, -0.15) is 0 Å². The van der Waals surface area contributed by atoms with Crippen LogP contribution < -0.4 is 0 Å². The zero-order valence-electron chi connectivity index (χ0n) is 11.9. The summed E-state index contributed by atoms with van der Waals surface area (Å²) in [7, 11) is 1.26. The van der Waals surface area contributed by atoms with E-state index in [4.69, 9.17) is 0 Å². The summed E-state index contributed by atoms with van der Waals surface area (Å²) >= 11 is 1.84. The van der Waals surface area contributed by atoms with Crippen LogP contribution in [0.15, 0.2) is 29.2 Å². The number of ketones is 1. The summed E-state index contributed by atoms with van der Waals surface area (Å²) in [6.07, 6.45) is 2.22. The van der Waals surface area contributed by atoms with Crippen molar-refractivity contribution in [2.45, 2.75) is 31.1 Å². The summed E-state index contributed by atoms with van der Waals surface area (Å²) in [6.45, 7) is 2.17. The highest BCUT2D eigenvalue weighted by Gasteiger charge is 2.26. The van der Waals surface area contributed by atoms with Crippen LogP contribution in [0.2, 0.25) is 0 Å². The molecular weight excluding hydrogens is 272 g/mol. The molecule has 0 aliphatic carbocycles. The van der Waals surface area contributed by atoms with Gasteiger partial charge in [0, 0.05) is 11.3 Å². The van der Waals surface area contributed by atoms with Gasteiger partial charge in [-0.25, -0.2) is 4.79 Å². The van der Waals surface area contributed by atoms with E-state index in [1.165, 1.54) is 17.6 Å².